The van der Waals surface area contributed by atoms with Gasteiger partial charge in [-0.25, -0.2) is 0 Å². The molecule has 0 aromatic carbocycles. The maximum absolute atomic E-state index is 5.50. The van der Waals surface area contributed by atoms with E-state index in [2.05, 4.69) is 31.1 Å². The second-order valence-electron chi connectivity index (χ2n) is 4.70. The molecule has 1 saturated heterocycles. The largest absolute Gasteiger partial charge is 0.379 e. The third kappa shape index (κ3) is 6.94. The van der Waals surface area contributed by atoms with Gasteiger partial charge in [0.2, 0.25) is 0 Å². The van der Waals surface area contributed by atoms with Gasteiger partial charge in [-0.05, 0) is 39.5 Å². The third-order valence-corrected chi connectivity index (χ3v) is 3.74. The van der Waals surface area contributed by atoms with Crippen LogP contribution < -0.4 is 5.32 Å². The molecule has 1 unspecified atom stereocenters. The first-order chi connectivity index (χ1) is 8.22. The molecule has 1 aliphatic heterocycles. The molecule has 0 aromatic heterocycles. The van der Waals surface area contributed by atoms with E-state index in [0.29, 0.717) is 12.1 Å². The Labute approximate surface area is 110 Å². The zero-order valence-corrected chi connectivity index (χ0v) is 12.2. The van der Waals surface area contributed by atoms with E-state index in [0.717, 1.165) is 31.2 Å². The molecule has 0 saturated carbocycles. The third-order valence-electron chi connectivity index (χ3n) is 2.78. The summed E-state index contributed by atoms with van der Waals surface area (Å²) in [6.45, 7) is 8.17. The second-order valence-corrected chi connectivity index (χ2v) is 5.78. The summed E-state index contributed by atoms with van der Waals surface area (Å²) >= 11 is 1.86. The SMILES string of the molecule is CCC1CCSC(=NCCCCOC(C)C)N1. The second kappa shape index (κ2) is 8.81. The van der Waals surface area contributed by atoms with Gasteiger partial charge in [-0.1, -0.05) is 18.7 Å². The first-order valence-electron chi connectivity index (χ1n) is 6.77. The Kier molecular flexibility index (Phi) is 7.69. The van der Waals surface area contributed by atoms with Gasteiger partial charge < -0.3 is 10.1 Å². The lowest BCUT2D eigenvalue weighted by molar-refractivity contribution is 0.0764. The fourth-order valence-electron chi connectivity index (χ4n) is 1.70. The summed E-state index contributed by atoms with van der Waals surface area (Å²) in [4.78, 5) is 4.61. The molecule has 1 N–H and O–H groups in total. The number of ether oxygens (including phenoxy) is 1. The summed E-state index contributed by atoms with van der Waals surface area (Å²) in [7, 11) is 0. The summed E-state index contributed by atoms with van der Waals surface area (Å²) in [5.74, 6) is 1.21. The minimum atomic E-state index is 0.349. The predicted molar refractivity (Wildman–Crippen MR) is 76.9 cm³/mol. The van der Waals surface area contributed by atoms with E-state index in [-0.39, 0.29) is 0 Å². The molecular weight excluding hydrogens is 232 g/mol. The van der Waals surface area contributed by atoms with Crippen LogP contribution in [0.5, 0.6) is 0 Å². The maximum atomic E-state index is 5.50. The lowest BCUT2D eigenvalue weighted by atomic mass is 10.2. The first-order valence-corrected chi connectivity index (χ1v) is 7.76. The van der Waals surface area contributed by atoms with E-state index in [4.69, 9.17) is 4.74 Å². The van der Waals surface area contributed by atoms with Crippen LogP contribution in [-0.4, -0.2) is 36.2 Å². The van der Waals surface area contributed by atoms with Crippen LogP contribution in [0.15, 0.2) is 4.99 Å². The monoisotopic (exact) mass is 258 g/mol. The van der Waals surface area contributed by atoms with E-state index in [1.807, 2.05) is 11.8 Å². The normalized spacial score (nSPS) is 23.1. The van der Waals surface area contributed by atoms with Crippen LogP contribution in [0.25, 0.3) is 0 Å². The van der Waals surface area contributed by atoms with Gasteiger partial charge in [0, 0.05) is 24.9 Å². The number of hydrogen-bond donors (Lipinski definition) is 1. The van der Waals surface area contributed by atoms with E-state index in [1.54, 1.807) is 0 Å². The summed E-state index contributed by atoms with van der Waals surface area (Å²) in [6.07, 6.45) is 5.04. The Balaban J connectivity index is 2.07. The molecule has 1 aliphatic rings. The van der Waals surface area contributed by atoms with Gasteiger partial charge >= 0.3 is 0 Å². The summed E-state index contributed by atoms with van der Waals surface area (Å²) in [5, 5.41) is 4.64. The topological polar surface area (TPSA) is 33.6 Å². The first kappa shape index (κ1) is 14.8. The molecule has 3 nitrogen and oxygen atoms in total. The Morgan fingerprint density at radius 2 is 2.29 bits per heavy atom. The fourth-order valence-corrected chi connectivity index (χ4v) is 2.73. The number of rotatable bonds is 7. The highest BCUT2D eigenvalue weighted by Gasteiger charge is 2.14. The minimum Gasteiger partial charge on any atom is -0.379 e. The highest BCUT2D eigenvalue weighted by Crippen LogP contribution is 2.15. The number of nitrogens with one attached hydrogen (secondary N) is 1. The highest BCUT2D eigenvalue weighted by molar-refractivity contribution is 8.13. The molecule has 0 spiro atoms. The number of aliphatic imine (C=N–C) groups is 1. The van der Waals surface area contributed by atoms with Gasteiger partial charge in [0.05, 0.1) is 6.10 Å². The van der Waals surface area contributed by atoms with Crippen molar-refractivity contribution in [3.63, 3.8) is 0 Å². The van der Waals surface area contributed by atoms with E-state index in [1.165, 1.54) is 18.6 Å². The average Bonchev–Trinajstić information content (AvgIpc) is 2.33. The van der Waals surface area contributed by atoms with E-state index in [9.17, 15) is 0 Å². The van der Waals surface area contributed by atoms with Gasteiger partial charge in [-0.3, -0.25) is 4.99 Å². The molecule has 17 heavy (non-hydrogen) atoms. The molecule has 0 aliphatic carbocycles. The molecule has 1 fully saturated rings. The summed E-state index contributed by atoms with van der Waals surface area (Å²) < 4.78 is 5.50. The van der Waals surface area contributed by atoms with Gasteiger partial charge in [0.15, 0.2) is 5.17 Å². The summed E-state index contributed by atoms with van der Waals surface area (Å²) in [6, 6.07) is 0.638. The van der Waals surface area contributed by atoms with E-state index < -0.39 is 0 Å². The highest BCUT2D eigenvalue weighted by atomic mass is 32.2. The van der Waals surface area contributed by atoms with E-state index >= 15 is 0 Å². The fraction of sp³-hybridized carbons (Fsp3) is 0.923. The van der Waals surface area contributed by atoms with Crippen molar-refractivity contribution in [2.45, 2.75) is 58.6 Å². The lowest BCUT2D eigenvalue weighted by Crippen LogP contribution is -2.37. The van der Waals surface area contributed by atoms with Crippen LogP contribution in [0.2, 0.25) is 0 Å². The molecule has 1 rings (SSSR count). The van der Waals surface area contributed by atoms with Crippen LogP contribution in [-0.2, 0) is 4.74 Å². The van der Waals surface area contributed by atoms with Crippen LogP contribution in [0, 0.1) is 0 Å². The molecular formula is C13H26N2OS. The van der Waals surface area contributed by atoms with Crippen molar-refractivity contribution in [1.29, 1.82) is 0 Å². The molecule has 1 heterocycles. The number of amidine groups is 1. The Bertz CT molecular complexity index is 231. The molecule has 100 valence electrons. The Morgan fingerprint density at radius 3 is 3.00 bits per heavy atom. The molecule has 1 atom stereocenters. The molecule has 0 aromatic rings. The molecule has 0 amide bonds. The maximum Gasteiger partial charge on any atom is 0.156 e. The Hall–Kier alpha value is -0.220. The minimum absolute atomic E-state index is 0.349. The summed E-state index contributed by atoms with van der Waals surface area (Å²) in [5.41, 5.74) is 0. The van der Waals surface area contributed by atoms with Crippen LogP contribution >= 0.6 is 11.8 Å². The van der Waals surface area contributed by atoms with Crippen LogP contribution in [0.4, 0.5) is 0 Å². The standard InChI is InChI=1S/C13H26N2OS/c1-4-12-7-10-17-13(15-12)14-8-5-6-9-16-11(2)3/h11-12H,4-10H2,1-3H3,(H,14,15). The Morgan fingerprint density at radius 1 is 1.47 bits per heavy atom. The van der Waals surface area contributed by atoms with Crippen molar-refractivity contribution in [3.05, 3.63) is 0 Å². The van der Waals surface area contributed by atoms with Gasteiger partial charge in [-0.2, -0.15) is 0 Å². The number of unbranched alkanes of at least 4 members (excludes halogenated alkanes) is 1. The number of nitrogens with zero attached hydrogens (tertiary/aromatic N) is 1. The number of hydrogen-bond acceptors (Lipinski definition) is 3. The van der Waals surface area contributed by atoms with Gasteiger partial charge in [0.1, 0.15) is 0 Å². The van der Waals surface area contributed by atoms with Gasteiger partial charge in [0.25, 0.3) is 0 Å². The van der Waals surface area contributed by atoms with Crippen molar-refractivity contribution in [1.82, 2.24) is 5.32 Å². The zero-order chi connectivity index (χ0) is 12.5. The lowest BCUT2D eigenvalue weighted by Gasteiger charge is -2.24. The van der Waals surface area contributed by atoms with Crippen molar-refractivity contribution in [3.8, 4) is 0 Å². The number of thioether (sulfide) groups is 1. The predicted octanol–water partition coefficient (Wildman–Crippen LogP) is 3.05. The smallest absolute Gasteiger partial charge is 0.156 e. The van der Waals surface area contributed by atoms with Crippen LogP contribution in [0.3, 0.4) is 0 Å². The average molecular weight is 258 g/mol. The van der Waals surface area contributed by atoms with Crippen LogP contribution in [0.1, 0.15) is 46.5 Å². The van der Waals surface area contributed by atoms with Crippen molar-refractivity contribution in [2.75, 3.05) is 18.9 Å². The zero-order valence-electron chi connectivity index (χ0n) is 11.4. The quantitative estimate of drug-likeness (QED) is 0.713. The molecule has 4 heteroatoms. The van der Waals surface area contributed by atoms with Crippen molar-refractivity contribution in [2.24, 2.45) is 4.99 Å². The van der Waals surface area contributed by atoms with Crippen molar-refractivity contribution < 1.29 is 4.74 Å². The van der Waals surface area contributed by atoms with Crippen molar-refractivity contribution >= 4 is 16.9 Å². The van der Waals surface area contributed by atoms with Gasteiger partial charge in [-0.15, -0.1) is 0 Å². The molecule has 0 radical (unpaired) electrons. The molecule has 0 bridgehead atoms.